The van der Waals surface area contributed by atoms with Crippen molar-refractivity contribution in [3.63, 3.8) is 0 Å². The zero-order valence-electron chi connectivity index (χ0n) is 25.0. The molecule has 2 unspecified atom stereocenters. The zero-order valence-corrected chi connectivity index (χ0v) is 25.8. The van der Waals surface area contributed by atoms with Gasteiger partial charge < -0.3 is 15.5 Å². The molecule has 9 nitrogen and oxygen atoms in total. The number of nitrogens with one attached hydrogen (secondary N) is 1. The number of hydrogen-bond donors (Lipinski definition) is 2. The molecule has 4 aromatic rings. The Morgan fingerprint density at radius 1 is 0.930 bits per heavy atom. The predicted octanol–water partition coefficient (Wildman–Crippen LogP) is 6.14. The number of hydrogen-bond acceptors (Lipinski definition) is 6. The highest BCUT2D eigenvalue weighted by molar-refractivity contribution is 7.89. The molecule has 3 amide bonds. The van der Waals surface area contributed by atoms with Gasteiger partial charge in [0.2, 0.25) is 0 Å². The molecule has 1 saturated heterocycles. The minimum atomic E-state index is -4.42. The zero-order chi connectivity index (χ0) is 30.9. The number of imide groups is 1. The number of benzene rings is 3. The fraction of sp³-hybridized carbons (Fsp3) is 0.333. The van der Waals surface area contributed by atoms with Gasteiger partial charge in [-0.1, -0.05) is 37.6 Å². The van der Waals surface area contributed by atoms with Gasteiger partial charge in [-0.3, -0.25) is 9.69 Å². The molecule has 1 aliphatic rings. The molecule has 1 aliphatic heterocycles. The van der Waals surface area contributed by atoms with Crippen LogP contribution in [0.1, 0.15) is 54.4 Å². The van der Waals surface area contributed by atoms with Crippen LogP contribution in [0.25, 0.3) is 10.9 Å². The minimum Gasteiger partial charge on any atom is -0.457 e. The predicted molar refractivity (Wildman–Crippen MR) is 167 cm³/mol. The Morgan fingerprint density at radius 3 is 2.42 bits per heavy atom. The van der Waals surface area contributed by atoms with E-state index >= 15 is 0 Å². The third-order valence-electron chi connectivity index (χ3n) is 8.27. The first-order valence-corrected chi connectivity index (χ1v) is 16.0. The van der Waals surface area contributed by atoms with Crippen LogP contribution >= 0.6 is 0 Å². The molecule has 0 spiro atoms. The number of ether oxygens (including phenoxy) is 1. The van der Waals surface area contributed by atoms with Crippen LogP contribution in [0.4, 0.5) is 4.79 Å². The molecule has 1 aromatic heterocycles. The van der Waals surface area contributed by atoms with E-state index in [0.717, 1.165) is 49.6 Å². The summed E-state index contributed by atoms with van der Waals surface area (Å²) < 4.78 is 35.3. The molecular formula is C33H38N4O5S. The highest BCUT2D eigenvalue weighted by atomic mass is 32.2. The molecule has 10 heteroatoms. The van der Waals surface area contributed by atoms with Gasteiger partial charge in [-0.15, -0.1) is 0 Å². The number of aryl methyl sites for hydroxylation is 3. The van der Waals surface area contributed by atoms with E-state index in [4.69, 9.17) is 10.5 Å². The summed E-state index contributed by atoms with van der Waals surface area (Å²) in [6, 6.07) is 15.8. The largest absolute Gasteiger partial charge is 0.457 e. The average molecular weight is 603 g/mol. The first kappa shape index (κ1) is 30.3. The van der Waals surface area contributed by atoms with E-state index in [1.807, 2.05) is 56.3 Å². The third kappa shape index (κ3) is 5.77. The van der Waals surface area contributed by atoms with Crippen molar-refractivity contribution in [2.75, 3.05) is 13.1 Å². The van der Waals surface area contributed by atoms with Crippen molar-refractivity contribution in [3.05, 3.63) is 89.1 Å². The second-order valence-electron chi connectivity index (χ2n) is 11.2. The van der Waals surface area contributed by atoms with Crippen molar-refractivity contribution in [3.8, 4) is 11.5 Å². The van der Waals surface area contributed by atoms with Crippen molar-refractivity contribution < 1.29 is 22.7 Å². The van der Waals surface area contributed by atoms with Crippen LogP contribution in [0.5, 0.6) is 11.5 Å². The van der Waals surface area contributed by atoms with E-state index in [1.54, 1.807) is 26.1 Å². The summed E-state index contributed by atoms with van der Waals surface area (Å²) >= 11 is 0. The Labute approximate surface area is 252 Å². The van der Waals surface area contributed by atoms with E-state index in [1.165, 1.54) is 12.1 Å². The minimum absolute atomic E-state index is 0.0836. The summed E-state index contributed by atoms with van der Waals surface area (Å²) in [7, 11) is -4.42. The summed E-state index contributed by atoms with van der Waals surface area (Å²) in [5.41, 5.74) is 10.0. The number of urea groups is 1. The summed E-state index contributed by atoms with van der Waals surface area (Å²) in [5.74, 6) is 0.00621. The van der Waals surface area contributed by atoms with E-state index in [9.17, 15) is 18.0 Å². The first-order chi connectivity index (χ1) is 20.5. The van der Waals surface area contributed by atoms with E-state index in [-0.39, 0.29) is 11.4 Å². The van der Waals surface area contributed by atoms with E-state index in [0.29, 0.717) is 30.0 Å². The summed E-state index contributed by atoms with van der Waals surface area (Å²) in [4.78, 5) is 31.8. The lowest BCUT2D eigenvalue weighted by atomic mass is 9.93. The number of fused-ring (bicyclic) bond motifs is 1. The van der Waals surface area contributed by atoms with Crippen LogP contribution < -0.4 is 10.5 Å². The van der Waals surface area contributed by atoms with Crippen molar-refractivity contribution in [2.45, 2.75) is 63.8 Å². The maximum Gasteiger partial charge on any atom is 0.341 e. The van der Waals surface area contributed by atoms with Crippen molar-refractivity contribution in [1.29, 1.82) is 0 Å². The normalized spacial score (nSPS) is 16.3. The average Bonchev–Trinajstić information content (AvgIpc) is 3.52. The first-order valence-electron chi connectivity index (χ1n) is 14.6. The fourth-order valence-electron chi connectivity index (χ4n) is 5.61. The van der Waals surface area contributed by atoms with Crippen LogP contribution in [0, 0.1) is 20.8 Å². The molecule has 2 atom stereocenters. The van der Waals surface area contributed by atoms with Gasteiger partial charge in [-0.25, -0.2) is 17.5 Å². The lowest BCUT2D eigenvalue weighted by Gasteiger charge is -2.26. The Morgan fingerprint density at radius 2 is 1.70 bits per heavy atom. The summed E-state index contributed by atoms with van der Waals surface area (Å²) in [6.45, 7) is 8.18. The molecule has 0 aliphatic carbocycles. The van der Waals surface area contributed by atoms with Crippen LogP contribution in [0.2, 0.25) is 0 Å². The van der Waals surface area contributed by atoms with Gasteiger partial charge in [0.25, 0.3) is 15.9 Å². The standard InChI is InChI=1S/C33H38N4O5S/c1-21-12-13-25(18-22(21)2)42-30-15-14-26(19-23(30)3)43(40,41)37-31(32(38)36(33(37)39)17-9-5-8-16-34)24(4)28-20-35-29-11-7-6-10-27(28)29/h6-7,10-15,18-20,24,31,35H,5,8-9,16-17,34H2,1-4H3. The molecule has 2 heterocycles. The molecule has 43 heavy (non-hydrogen) atoms. The number of sulfonamides is 1. The lowest BCUT2D eigenvalue weighted by Crippen LogP contribution is -2.43. The molecule has 226 valence electrons. The molecule has 5 rings (SSSR count). The lowest BCUT2D eigenvalue weighted by molar-refractivity contribution is -0.128. The second-order valence-corrected chi connectivity index (χ2v) is 13.0. The third-order valence-corrected chi connectivity index (χ3v) is 10.0. The summed E-state index contributed by atoms with van der Waals surface area (Å²) in [5, 5.41) is 0.873. The Kier molecular flexibility index (Phi) is 8.62. The molecule has 3 aromatic carbocycles. The number of aromatic nitrogens is 1. The Hall–Kier alpha value is -4.15. The topological polar surface area (TPSA) is 126 Å². The van der Waals surface area contributed by atoms with E-state index < -0.39 is 33.9 Å². The Balaban J connectivity index is 1.50. The number of nitrogens with zero attached hydrogens (tertiary/aromatic N) is 2. The molecule has 0 bridgehead atoms. The molecule has 3 N–H and O–H groups in total. The van der Waals surface area contributed by atoms with Gasteiger partial charge in [0, 0.05) is 29.6 Å². The number of aromatic amines is 1. The second kappa shape index (κ2) is 12.2. The Bertz CT molecular complexity index is 1780. The molecule has 1 fully saturated rings. The number of nitrogens with two attached hydrogens (primary N) is 1. The van der Waals surface area contributed by atoms with Gasteiger partial charge in [0.05, 0.1) is 4.90 Å². The monoisotopic (exact) mass is 602 g/mol. The quantitative estimate of drug-likeness (QED) is 0.157. The smallest absolute Gasteiger partial charge is 0.341 e. The SMILES string of the molecule is Cc1ccc(Oc2ccc(S(=O)(=O)N3C(=O)N(CCCCCN)C(=O)C3C(C)c3c[nH]c4ccccc34)cc2C)cc1C. The highest BCUT2D eigenvalue weighted by Crippen LogP contribution is 2.38. The number of para-hydroxylation sites is 1. The summed E-state index contributed by atoms with van der Waals surface area (Å²) in [6.07, 6.45) is 3.80. The number of carbonyl (C=O) groups excluding carboxylic acids is 2. The van der Waals surface area contributed by atoms with Crippen LogP contribution in [-0.4, -0.2) is 53.7 Å². The number of amides is 3. The molecule has 0 radical (unpaired) electrons. The number of unbranched alkanes of at least 4 members (excludes halogenated alkanes) is 2. The highest BCUT2D eigenvalue weighted by Gasteiger charge is 2.53. The molecular weight excluding hydrogens is 564 g/mol. The maximum atomic E-state index is 14.2. The van der Waals surface area contributed by atoms with Gasteiger partial charge in [0.1, 0.15) is 17.5 Å². The van der Waals surface area contributed by atoms with Gasteiger partial charge >= 0.3 is 6.03 Å². The van der Waals surface area contributed by atoms with E-state index in [2.05, 4.69) is 4.98 Å². The number of H-pyrrole nitrogens is 1. The van der Waals surface area contributed by atoms with Gasteiger partial charge in [-0.05, 0) is 98.8 Å². The fourth-order valence-corrected chi connectivity index (χ4v) is 7.28. The van der Waals surface area contributed by atoms with Crippen molar-refractivity contribution in [1.82, 2.24) is 14.2 Å². The van der Waals surface area contributed by atoms with Gasteiger partial charge in [-0.2, -0.15) is 0 Å². The number of rotatable bonds is 11. The van der Waals surface area contributed by atoms with Crippen molar-refractivity contribution >= 4 is 32.9 Å². The van der Waals surface area contributed by atoms with Gasteiger partial charge in [0.15, 0.2) is 0 Å². The molecule has 0 saturated carbocycles. The van der Waals surface area contributed by atoms with Crippen LogP contribution in [0.3, 0.4) is 0 Å². The van der Waals surface area contributed by atoms with Crippen LogP contribution in [0.15, 0.2) is 71.8 Å². The van der Waals surface area contributed by atoms with Crippen molar-refractivity contribution in [2.24, 2.45) is 5.73 Å². The maximum absolute atomic E-state index is 14.2. The van der Waals surface area contributed by atoms with Crippen LogP contribution in [-0.2, 0) is 14.8 Å². The number of carbonyl (C=O) groups is 2.